The number of nitrogens with two attached hydrogens (primary N) is 1. The lowest BCUT2D eigenvalue weighted by atomic mass is 9.87. The van der Waals surface area contributed by atoms with E-state index in [1.807, 2.05) is 25.1 Å². The largest absolute Gasteiger partial charge is 0.497 e. The first-order valence-electron chi connectivity index (χ1n) is 7.00. The van der Waals surface area contributed by atoms with Crippen molar-refractivity contribution in [2.24, 2.45) is 5.84 Å². The standard InChI is InChI=1S/C15H24N2O2/c1-3-19-15(9-4-5-10-15)14(17-16)12-7-6-8-13(11-12)18-2/h6-8,11,14,17H,3-5,9-10,16H2,1-2H3. The van der Waals surface area contributed by atoms with Gasteiger partial charge in [-0.15, -0.1) is 0 Å². The molecule has 1 unspecified atom stereocenters. The lowest BCUT2D eigenvalue weighted by molar-refractivity contribution is -0.0627. The fourth-order valence-electron chi connectivity index (χ4n) is 3.15. The summed E-state index contributed by atoms with van der Waals surface area (Å²) in [7, 11) is 1.68. The van der Waals surface area contributed by atoms with Crippen LogP contribution in [0.3, 0.4) is 0 Å². The Labute approximate surface area is 115 Å². The van der Waals surface area contributed by atoms with Crippen LogP contribution in [0.1, 0.15) is 44.2 Å². The molecule has 1 aromatic rings. The van der Waals surface area contributed by atoms with E-state index >= 15 is 0 Å². The molecular formula is C15H24N2O2. The van der Waals surface area contributed by atoms with Crippen molar-refractivity contribution in [1.29, 1.82) is 0 Å². The monoisotopic (exact) mass is 264 g/mol. The molecule has 0 heterocycles. The number of methoxy groups -OCH3 is 1. The normalized spacial score (nSPS) is 19.3. The lowest BCUT2D eigenvalue weighted by Gasteiger charge is -2.37. The highest BCUT2D eigenvalue weighted by Crippen LogP contribution is 2.43. The Morgan fingerprint density at radius 1 is 1.37 bits per heavy atom. The number of nitrogens with one attached hydrogen (secondary N) is 1. The Morgan fingerprint density at radius 2 is 2.11 bits per heavy atom. The van der Waals surface area contributed by atoms with Gasteiger partial charge in [0, 0.05) is 6.61 Å². The lowest BCUT2D eigenvalue weighted by Crippen LogP contribution is -2.46. The topological polar surface area (TPSA) is 56.5 Å². The molecule has 4 nitrogen and oxygen atoms in total. The second kappa shape index (κ2) is 6.37. The van der Waals surface area contributed by atoms with Gasteiger partial charge in [0.2, 0.25) is 0 Å². The van der Waals surface area contributed by atoms with Crippen LogP contribution in [-0.4, -0.2) is 19.3 Å². The third-order valence-corrected chi connectivity index (χ3v) is 4.00. The molecule has 1 aliphatic rings. The van der Waals surface area contributed by atoms with E-state index in [1.165, 1.54) is 12.8 Å². The Morgan fingerprint density at radius 3 is 2.68 bits per heavy atom. The molecule has 0 radical (unpaired) electrons. The predicted octanol–water partition coefficient (Wildman–Crippen LogP) is 2.55. The minimum atomic E-state index is -0.185. The maximum absolute atomic E-state index is 6.09. The van der Waals surface area contributed by atoms with Crippen LogP contribution >= 0.6 is 0 Å². The van der Waals surface area contributed by atoms with Gasteiger partial charge in [-0.2, -0.15) is 0 Å². The first-order chi connectivity index (χ1) is 9.25. The fourth-order valence-corrected chi connectivity index (χ4v) is 3.15. The molecule has 3 N–H and O–H groups in total. The highest BCUT2D eigenvalue weighted by atomic mass is 16.5. The summed E-state index contributed by atoms with van der Waals surface area (Å²) in [6.07, 6.45) is 4.49. The number of hydrogen-bond donors (Lipinski definition) is 2. The SMILES string of the molecule is CCOC1(C(NN)c2cccc(OC)c2)CCCC1. The molecule has 0 saturated heterocycles. The number of ether oxygens (including phenoxy) is 2. The molecule has 2 rings (SSSR count). The number of hydrogen-bond acceptors (Lipinski definition) is 4. The van der Waals surface area contributed by atoms with Gasteiger partial charge in [0.25, 0.3) is 0 Å². The molecule has 1 atom stereocenters. The zero-order chi connectivity index (χ0) is 13.7. The Kier molecular flexibility index (Phi) is 4.80. The van der Waals surface area contributed by atoms with Crippen LogP contribution in [0.15, 0.2) is 24.3 Å². The number of benzene rings is 1. The summed E-state index contributed by atoms with van der Waals surface area (Å²) in [5, 5.41) is 0. The van der Waals surface area contributed by atoms with Crippen LogP contribution in [0.5, 0.6) is 5.75 Å². The van der Waals surface area contributed by atoms with E-state index in [-0.39, 0.29) is 11.6 Å². The van der Waals surface area contributed by atoms with E-state index in [0.717, 1.165) is 24.2 Å². The van der Waals surface area contributed by atoms with Crippen molar-refractivity contribution in [1.82, 2.24) is 5.43 Å². The van der Waals surface area contributed by atoms with Crippen molar-refractivity contribution in [2.45, 2.75) is 44.2 Å². The predicted molar refractivity (Wildman–Crippen MR) is 75.9 cm³/mol. The number of rotatable bonds is 6. The minimum Gasteiger partial charge on any atom is -0.497 e. The summed E-state index contributed by atoms with van der Waals surface area (Å²) in [5.74, 6) is 6.67. The van der Waals surface area contributed by atoms with Crippen molar-refractivity contribution >= 4 is 0 Å². The van der Waals surface area contributed by atoms with Gasteiger partial charge in [-0.1, -0.05) is 25.0 Å². The molecule has 1 fully saturated rings. The summed E-state index contributed by atoms with van der Waals surface area (Å²) in [5.41, 5.74) is 3.89. The highest BCUT2D eigenvalue weighted by molar-refractivity contribution is 5.32. The molecule has 0 amide bonds. The molecule has 106 valence electrons. The first kappa shape index (κ1) is 14.3. The van der Waals surface area contributed by atoms with Crippen LogP contribution in [0, 0.1) is 0 Å². The van der Waals surface area contributed by atoms with Crippen LogP contribution in [-0.2, 0) is 4.74 Å². The summed E-state index contributed by atoms with van der Waals surface area (Å²) in [6, 6.07) is 8.05. The zero-order valence-corrected chi connectivity index (χ0v) is 11.8. The van der Waals surface area contributed by atoms with Gasteiger partial charge in [-0.3, -0.25) is 11.3 Å². The average molecular weight is 264 g/mol. The highest BCUT2D eigenvalue weighted by Gasteiger charge is 2.42. The van der Waals surface area contributed by atoms with E-state index in [2.05, 4.69) is 11.5 Å². The minimum absolute atomic E-state index is 0.00468. The average Bonchev–Trinajstić information content (AvgIpc) is 2.90. The smallest absolute Gasteiger partial charge is 0.119 e. The molecular weight excluding hydrogens is 240 g/mol. The van der Waals surface area contributed by atoms with Gasteiger partial charge < -0.3 is 9.47 Å². The van der Waals surface area contributed by atoms with Gasteiger partial charge in [0.1, 0.15) is 5.75 Å². The van der Waals surface area contributed by atoms with Crippen LogP contribution in [0.25, 0.3) is 0 Å². The maximum atomic E-state index is 6.09. The molecule has 1 aliphatic carbocycles. The first-order valence-corrected chi connectivity index (χ1v) is 7.00. The van der Waals surface area contributed by atoms with E-state index in [1.54, 1.807) is 7.11 Å². The van der Waals surface area contributed by atoms with Crippen molar-refractivity contribution in [2.75, 3.05) is 13.7 Å². The molecule has 0 bridgehead atoms. The second-order valence-corrected chi connectivity index (χ2v) is 5.08. The van der Waals surface area contributed by atoms with E-state index in [4.69, 9.17) is 15.3 Å². The summed E-state index contributed by atoms with van der Waals surface area (Å²) < 4.78 is 11.4. The van der Waals surface area contributed by atoms with Gasteiger partial charge in [0.15, 0.2) is 0 Å². The molecule has 0 aromatic heterocycles. The Bertz CT molecular complexity index is 403. The van der Waals surface area contributed by atoms with Crippen molar-refractivity contribution in [3.05, 3.63) is 29.8 Å². The quantitative estimate of drug-likeness (QED) is 0.612. The van der Waals surface area contributed by atoms with Crippen molar-refractivity contribution in [3.8, 4) is 5.75 Å². The second-order valence-electron chi connectivity index (χ2n) is 5.08. The van der Waals surface area contributed by atoms with Gasteiger partial charge in [-0.05, 0) is 37.5 Å². The summed E-state index contributed by atoms with van der Waals surface area (Å²) in [6.45, 7) is 2.75. The van der Waals surface area contributed by atoms with Crippen LogP contribution in [0.4, 0.5) is 0 Å². The maximum Gasteiger partial charge on any atom is 0.119 e. The molecule has 1 saturated carbocycles. The van der Waals surface area contributed by atoms with Crippen molar-refractivity contribution < 1.29 is 9.47 Å². The van der Waals surface area contributed by atoms with E-state index in [0.29, 0.717) is 6.61 Å². The van der Waals surface area contributed by atoms with Gasteiger partial charge >= 0.3 is 0 Å². The summed E-state index contributed by atoms with van der Waals surface area (Å²) >= 11 is 0. The molecule has 4 heteroatoms. The van der Waals surface area contributed by atoms with Gasteiger partial charge in [-0.25, -0.2) is 0 Å². The molecule has 1 aromatic carbocycles. The van der Waals surface area contributed by atoms with Crippen molar-refractivity contribution in [3.63, 3.8) is 0 Å². The third-order valence-electron chi connectivity index (χ3n) is 4.00. The summed E-state index contributed by atoms with van der Waals surface area (Å²) in [4.78, 5) is 0. The Balaban J connectivity index is 2.31. The molecule has 19 heavy (non-hydrogen) atoms. The number of hydrazine groups is 1. The van der Waals surface area contributed by atoms with E-state index < -0.39 is 0 Å². The Hall–Kier alpha value is -1.10. The molecule has 0 spiro atoms. The third kappa shape index (κ3) is 2.91. The van der Waals surface area contributed by atoms with Crippen LogP contribution in [0.2, 0.25) is 0 Å². The van der Waals surface area contributed by atoms with E-state index in [9.17, 15) is 0 Å². The fraction of sp³-hybridized carbons (Fsp3) is 0.600. The van der Waals surface area contributed by atoms with Gasteiger partial charge in [0.05, 0.1) is 18.8 Å². The zero-order valence-electron chi connectivity index (χ0n) is 11.8. The van der Waals surface area contributed by atoms with Crippen LogP contribution < -0.4 is 16.0 Å². The molecule has 0 aliphatic heterocycles.